The Kier molecular flexibility index (Phi) is 4.82. The van der Waals surface area contributed by atoms with Gasteiger partial charge in [-0.2, -0.15) is 0 Å². The predicted octanol–water partition coefficient (Wildman–Crippen LogP) is 2.39. The second kappa shape index (κ2) is 5.92. The van der Waals surface area contributed by atoms with Gasteiger partial charge in [0.25, 0.3) is 0 Å². The van der Waals surface area contributed by atoms with Crippen molar-refractivity contribution in [3.8, 4) is 0 Å². The van der Waals surface area contributed by atoms with Gasteiger partial charge in [-0.25, -0.2) is 0 Å². The molecule has 1 aromatic carbocycles. The lowest BCUT2D eigenvalue weighted by Crippen LogP contribution is -2.28. The van der Waals surface area contributed by atoms with Gasteiger partial charge >= 0.3 is 0 Å². The first-order chi connectivity index (χ1) is 7.91. The van der Waals surface area contributed by atoms with E-state index < -0.39 is 0 Å². The topological polar surface area (TPSA) is 32.5 Å². The molecule has 1 aromatic rings. The molecule has 3 nitrogen and oxygen atoms in total. The fourth-order valence-corrected chi connectivity index (χ4v) is 1.75. The molecular formula is C14H25N3. The standard InChI is InChI=1S/C14H25N3/c1-11(2)12-6-7-14(13(15)10-12)17(5)9-8-16(3)4/h6-7,10-11H,8-9,15H2,1-5H3. The molecule has 0 unspecified atom stereocenters. The van der Waals surface area contributed by atoms with Crippen LogP contribution in [0.3, 0.4) is 0 Å². The summed E-state index contributed by atoms with van der Waals surface area (Å²) in [4.78, 5) is 4.38. The zero-order valence-corrected chi connectivity index (χ0v) is 11.7. The van der Waals surface area contributed by atoms with Crippen LogP contribution in [0.4, 0.5) is 11.4 Å². The average molecular weight is 235 g/mol. The number of benzene rings is 1. The molecule has 0 aliphatic rings. The molecular weight excluding hydrogens is 210 g/mol. The van der Waals surface area contributed by atoms with Crippen molar-refractivity contribution in [1.82, 2.24) is 4.90 Å². The molecule has 0 fully saturated rings. The van der Waals surface area contributed by atoms with Crippen molar-refractivity contribution in [2.24, 2.45) is 0 Å². The molecule has 0 amide bonds. The van der Waals surface area contributed by atoms with Gasteiger partial charge in [0.15, 0.2) is 0 Å². The highest BCUT2D eigenvalue weighted by Crippen LogP contribution is 2.26. The van der Waals surface area contributed by atoms with Gasteiger partial charge in [0, 0.05) is 20.1 Å². The fraction of sp³-hybridized carbons (Fsp3) is 0.571. The van der Waals surface area contributed by atoms with Crippen LogP contribution in [0.25, 0.3) is 0 Å². The van der Waals surface area contributed by atoms with Gasteiger partial charge in [-0.1, -0.05) is 19.9 Å². The Bertz CT molecular complexity index is 358. The Morgan fingerprint density at radius 1 is 1.12 bits per heavy atom. The molecule has 3 heteroatoms. The van der Waals surface area contributed by atoms with Gasteiger partial charge in [-0.15, -0.1) is 0 Å². The Labute approximate surface area is 105 Å². The van der Waals surface area contributed by atoms with Crippen LogP contribution < -0.4 is 10.6 Å². The number of anilines is 2. The van der Waals surface area contributed by atoms with E-state index in [1.807, 2.05) is 0 Å². The van der Waals surface area contributed by atoms with E-state index in [1.54, 1.807) is 0 Å². The minimum atomic E-state index is 0.526. The Morgan fingerprint density at radius 2 is 1.76 bits per heavy atom. The quantitative estimate of drug-likeness (QED) is 0.795. The third kappa shape index (κ3) is 3.93. The van der Waals surface area contributed by atoms with E-state index in [9.17, 15) is 0 Å². The van der Waals surface area contributed by atoms with Crippen LogP contribution in [0.1, 0.15) is 25.3 Å². The number of hydrogen-bond acceptors (Lipinski definition) is 3. The maximum absolute atomic E-state index is 6.11. The van der Waals surface area contributed by atoms with Gasteiger partial charge in [-0.3, -0.25) is 0 Å². The Hall–Kier alpha value is -1.22. The molecule has 17 heavy (non-hydrogen) atoms. The highest BCUT2D eigenvalue weighted by atomic mass is 15.2. The number of nitrogen functional groups attached to an aromatic ring is 1. The van der Waals surface area contributed by atoms with Crippen molar-refractivity contribution in [2.75, 3.05) is 44.9 Å². The fourth-order valence-electron chi connectivity index (χ4n) is 1.75. The van der Waals surface area contributed by atoms with Crippen molar-refractivity contribution in [3.63, 3.8) is 0 Å². The molecule has 0 radical (unpaired) electrons. The zero-order chi connectivity index (χ0) is 13.0. The molecule has 0 aromatic heterocycles. The molecule has 2 N–H and O–H groups in total. The van der Waals surface area contributed by atoms with Crippen LogP contribution in [0, 0.1) is 0 Å². The number of rotatable bonds is 5. The van der Waals surface area contributed by atoms with Crippen LogP contribution in [-0.4, -0.2) is 39.1 Å². The molecule has 0 atom stereocenters. The summed E-state index contributed by atoms with van der Waals surface area (Å²) in [7, 11) is 6.25. The van der Waals surface area contributed by atoms with Crippen LogP contribution in [0.15, 0.2) is 18.2 Å². The highest BCUT2D eigenvalue weighted by molar-refractivity contribution is 5.68. The summed E-state index contributed by atoms with van der Waals surface area (Å²) in [5.74, 6) is 0.526. The summed E-state index contributed by atoms with van der Waals surface area (Å²) >= 11 is 0. The average Bonchev–Trinajstić information content (AvgIpc) is 2.25. The lowest BCUT2D eigenvalue weighted by Gasteiger charge is -2.23. The lowest BCUT2D eigenvalue weighted by molar-refractivity contribution is 0.416. The van der Waals surface area contributed by atoms with Gasteiger partial charge in [0.1, 0.15) is 0 Å². The molecule has 0 bridgehead atoms. The van der Waals surface area contributed by atoms with E-state index in [2.05, 4.69) is 63.0 Å². The van der Waals surface area contributed by atoms with Gasteiger partial charge in [-0.05, 0) is 37.7 Å². The second-order valence-electron chi connectivity index (χ2n) is 5.20. The van der Waals surface area contributed by atoms with E-state index >= 15 is 0 Å². The molecule has 0 saturated heterocycles. The third-order valence-corrected chi connectivity index (χ3v) is 3.01. The maximum Gasteiger partial charge on any atom is 0.0597 e. The molecule has 1 rings (SSSR count). The summed E-state index contributed by atoms with van der Waals surface area (Å²) in [6.07, 6.45) is 0. The molecule has 0 aliphatic heterocycles. The SMILES string of the molecule is CC(C)c1ccc(N(C)CCN(C)C)c(N)c1. The number of hydrogen-bond donors (Lipinski definition) is 1. The van der Waals surface area contributed by atoms with Gasteiger partial charge in [0.05, 0.1) is 11.4 Å². The normalized spacial score (nSPS) is 11.2. The lowest BCUT2D eigenvalue weighted by atomic mass is 10.0. The van der Waals surface area contributed by atoms with E-state index in [0.717, 1.165) is 24.5 Å². The maximum atomic E-state index is 6.11. The summed E-state index contributed by atoms with van der Waals surface area (Å²) in [6.45, 7) is 6.38. The second-order valence-corrected chi connectivity index (χ2v) is 5.20. The van der Waals surface area contributed by atoms with Crippen LogP contribution in [-0.2, 0) is 0 Å². The molecule has 0 heterocycles. The molecule has 96 valence electrons. The summed E-state index contributed by atoms with van der Waals surface area (Å²) in [5, 5.41) is 0. The van der Waals surface area contributed by atoms with E-state index in [4.69, 9.17) is 5.73 Å². The first-order valence-corrected chi connectivity index (χ1v) is 6.17. The van der Waals surface area contributed by atoms with Crippen molar-refractivity contribution >= 4 is 11.4 Å². The van der Waals surface area contributed by atoms with E-state index in [0.29, 0.717) is 5.92 Å². The highest BCUT2D eigenvalue weighted by Gasteiger charge is 2.07. The number of nitrogens with two attached hydrogens (primary N) is 1. The summed E-state index contributed by atoms with van der Waals surface area (Å²) in [5.41, 5.74) is 9.40. The van der Waals surface area contributed by atoms with Gasteiger partial charge in [0.2, 0.25) is 0 Å². The molecule has 0 saturated carbocycles. The van der Waals surface area contributed by atoms with Crippen molar-refractivity contribution in [3.05, 3.63) is 23.8 Å². The molecule has 0 spiro atoms. The van der Waals surface area contributed by atoms with E-state index in [1.165, 1.54) is 5.56 Å². The first-order valence-electron chi connectivity index (χ1n) is 6.17. The van der Waals surface area contributed by atoms with Crippen LogP contribution in [0.5, 0.6) is 0 Å². The van der Waals surface area contributed by atoms with Gasteiger partial charge < -0.3 is 15.5 Å². The Morgan fingerprint density at radius 3 is 2.24 bits per heavy atom. The minimum Gasteiger partial charge on any atom is -0.397 e. The smallest absolute Gasteiger partial charge is 0.0597 e. The number of likely N-dealkylation sites (N-methyl/N-ethyl adjacent to an activating group) is 2. The number of nitrogens with zero attached hydrogens (tertiary/aromatic N) is 2. The van der Waals surface area contributed by atoms with Crippen LogP contribution >= 0.6 is 0 Å². The zero-order valence-electron chi connectivity index (χ0n) is 11.7. The third-order valence-electron chi connectivity index (χ3n) is 3.01. The predicted molar refractivity (Wildman–Crippen MR) is 76.8 cm³/mol. The summed E-state index contributed by atoms with van der Waals surface area (Å²) in [6, 6.07) is 6.38. The van der Waals surface area contributed by atoms with E-state index in [-0.39, 0.29) is 0 Å². The van der Waals surface area contributed by atoms with Crippen molar-refractivity contribution in [1.29, 1.82) is 0 Å². The van der Waals surface area contributed by atoms with Crippen molar-refractivity contribution < 1.29 is 0 Å². The largest absolute Gasteiger partial charge is 0.397 e. The monoisotopic (exact) mass is 235 g/mol. The summed E-state index contributed by atoms with van der Waals surface area (Å²) < 4.78 is 0. The first kappa shape index (κ1) is 13.8. The van der Waals surface area contributed by atoms with Crippen LogP contribution in [0.2, 0.25) is 0 Å². The minimum absolute atomic E-state index is 0.526. The van der Waals surface area contributed by atoms with Crippen molar-refractivity contribution in [2.45, 2.75) is 19.8 Å². The Balaban J connectivity index is 2.77. The molecule has 0 aliphatic carbocycles.